The molecule has 1 atom stereocenters. The van der Waals surface area contributed by atoms with Crippen LogP contribution in [0.15, 0.2) is 55.0 Å². The van der Waals surface area contributed by atoms with Crippen LogP contribution in [-0.2, 0) is 0 Å². The lowest BCUT2D eigenvalue weighted by atomic mass is 10.1. The number of fused-ring (bicyclic) bond motifs is 1. The van der Waals surface area contributed by atoms with Gasteiger partial charge in [0.2, 0.25) is 0 Å². The number of carbonyl (C=O) groups is 1. The van der Waals surface area contributed by atoms with E-state index >= 15 is 0 Å². The second-order valence-corrected chi connectivity index (χ2v) is 7.54. The highest BCUT2D eigenvalue weighted by atomic mass is 16.1. The van der Waals surface area contributed by atoms with Gasteiger partial charge in [0.25, 0.3) is 5.91 Å². The molecule has 5 rings (SSSR count). The monoisotopic (exact) mass is 386 g/mol. The van der Waals surface area contributed by atoms with Crippen molar-refractivity contribution < 1.29 is 4.79 Å². The molecule has 29 heavy (non-hydrogen) atoms. The number of aromatic amines is 2. The number of benzene rings is 1. The van der Waals surface area contributed by atoms with Crippen LogP contribution in [0, 0.1) is 0 Å². The molecule has 146 valence electrons. The van der Waals surface area contributed by atoms with Crippen molar-refractivity contribution in [3.05, 3.63) is 66.2 Å². The van der Waals surface area contributed by atoms with Crippen molar-refractivity contribution in [2.45, 2.75) is 18.9 Å². The molecular formula is C22H22N6O. The Kier molecular flexibility index (Phi) is 4.37. The van der Waals surface area contributed by atoms with E-state index in [0.717, 1.165) is 35.0 Å². The Morgan fingerprint density at radius 2 is 2.03 bits per heavy atom. The topological polar surface area (TPSA) is 89.7 Å². The first kappa shape index (κ1) is 17.6. The van der Waals surface area contributed by atoms with Gasteiger partial charge >= 0.3 is 0 Å². The molecule has 0 spiro atoms. The first-order valence-corrected chi connectivity index (χ1v) is 9.77. The molecule has 0 aliphatic carbocycles. The summed E-state index contributed by atoms with van der Waals surface area (Å²) in [5, 5.41) is 10.7. The maximum absolute atomic E-state index is 12.6. The summed E-state index contributed by atoms with van der Waals surface area (Å²) in [6.07, 6.45) is 7.76. The summed E-state index contributed by atoms with van der Waals surface area (Å²) >= 11 is 0. The van der Waals surface area contributed by atoms with Crippen LogP contribution in [0.5, 0.6) is 0 Å². The number of nitrogens with zero attached hydrogens (tertiary/aromatic N) is 3. The minimum Gasteiger partial charge on any atom is -0.357 e. The van der Waals surface area contributed by atoms with Crippen molar-refractivity contribution in [1.29, 1.82) is 0 Å². The summed E-state index contributed by atoms with van der Waals surface area (Å²) < 4.78 is 0. The minimum absolute atomic E-state index is 0.183. The lowest BCUT2D eigenvalue weighted by Crippen LogP contribution is -2.17. The van der Waals surface area contributed by atoms with Crippen LogP contribution in [0.3, 0.4) is 0 Å². The number of rotatable bonds is 4. The van der Waals surface area contributed by atoms with Crippen LogP contribution >= 0.6 is 0 Å². The highest BCUT2D eigenvalue weighted by Crippen LogP contribution is 2.32. The van der Waals surface area contributed by atoms with Crippen LogP contribution in [0.2, 0.25) is 0 Å². The van der Waals surface area contributed by atoms with Crippen molar-refractivity contribution in [3.63, 3.8) is 0 Å². The summed E-state index contributed by atoms with van der Waals surface area (Å²) in [6, 6.07) is 11.9. The van der Waals surface area contributed by atoms with Gasteiger partial charge in [0.05, 0.1) is 11.7 Å². The quantitative estimate of drug-likeness (QED) is 0.495. The number of H-pyrrole nitrogens is 2. The Morgan fingerprint density at radius 3 is 2.76 bits per heavy atom. The van der Waals surface area contributed by atoms with E-state index in [9.17, 15) is 4.79 Å². The molecule has 1 aliphatic heterocycles. The SMILES string of the molecule is CN1CCC[C@@H]1c1cc2cnc(NC(=O)c3ccc(-c4cn[nH]c4)cc3)cc2[nH]1. The molecule has 7 heteroatoms. The first-order chi connectivity index (χ1) is 14.2. The zero-order valence-corrected chi connectivity index (χ0v) is 16.1. The van der Waals surface area contributed by atoms with Crippen LogP contribution < -0.4 is 5.32 Å². The van der Waals surface area contributed by atoms with E-state index in [4.69, 9.17) is 0 Å². The smallest absolute Gasteiger partial charge is 0.256 e. The maximum atomic E-state index is 12.6. The zero-order chi connectivity index (χ0) is 19.8. The van der Waals surface area contributed by atoms with E-state index in [1.54, 1.807) is 18.3 Å². The van der Waals surface area contributed by atoms with Crippen LogP contribution in [0.4, 0.5) is 5.82 Å². The molecule has 4 heterocycles. The Labute approximate surface area is 168 Å². The summed E-state index contributed by atoms with van der Waals surface area (Å²) in [4.78, 5) is 22.9. The predicted molar refractivity (Wildman–Crippen MR) is 113 cm³/mol. The molecular weight excluding hydrogens is 364 g/mol. The third-order valence-electron chi connectivity index (χ3n) is 5.62. The normalized spacial score (nSPS) is 17.1. The second kappa shape index (κ2) is 7.18. The minimum atomic E-state index is -0.183. The molecule has 0 bridgehead atoms. The first-order valence-electron chi connectivity index (χ1n) is 9.77. The van der Waals surface area contributed by atoms with Crippen molar-refractivity contribution in [1.82, 2.24) is 25.1 Å². The predicted octanol–water partition coefficient (Wildman–Crippen LogP) is 3.97. The lowest BCUT2D eigenvalue weighted by Gasteiger charge is -2.17. The molecule has 3 N–H and O–H groups in total. The summed E-state index contributed by atoms with van der Waals surface area (Å²) in [7, 11) is 2.16. The number of aromatic nitrogens is 4. The number of hydrogen-bond donors (Lipinski definition) is 3. The van der Waals surface area contributed by atoms with Gasteiger partial charge < -0.3 is 10.3 Å². The fourth-order valence-electron chi connectivity index (χ4n) is 4.01. The Bertz CT molecular complexity index is 1150. The van der Waals surface area contributed by atoms with E-state index in [1.165, 1.54) is 12.1 Å². The Hall–Kier alpha value is -3.45. The molecule has 0 unspecified atom stereocenters. The number of amides is 1. The molecule has 7 nitrogen and oxygen atoms in total. The fraction of sp³-hybridized carbons (Fsp3) is 0.227. The molecule has 0 radical (unpaired) electrons. The number of anilines is 1. The Balaban J connectivity index is 1.33. The lowest BCUT2D eigenvalue weighted by molar-refractivity contribution is 0.102. The van der Waals surface area contributed by atoms with Crippen molar-refractivity contribution in [2.75, 3.05) is 18.9 Å². The number of hydrogen-bond acceptors (Lipinski definition) is 4. The van der Waals surface area contributed by atoms with Gasteiger partial charge in [-0.1, -0.05) is 12.1 Å². The maximum Gasteiger partial charge on any atom is 0.256 e. The number of carbonyl (C=O) groups excluding carboxylic acids is 1. The molecule has 4 aromatic rings. The summed E-state index contributed by atoms with van der Waals surface area (Å²) in [5.41, 5.74) is 4.77. The standard InChI is InChI=1S/C22H22N6O/c1-28-8-2-3-20(28)19-9-16-11-23-21(10-18(16)26-19)27-22(29)15-6-4-14(5-7-15)17-12-24-25-13-17/h4-7,9-13,20,26H,2-3,8H2,1H3,(H,24,25)(H,23,27,29)/t20-/m1/s1. The molecule has 1 saturated heterocycles. The van der Waals surface area contributed by atoms with Crippen LogP contribution in [0.1, 0.15) is 34.9 Å². The molecule has 1 aliphatic rings. The van der Waals surface area contributed by atoms with Gasteiger partial charge in [-0.25, -0.2) is 4.98 Å². The Morgan fingerprint density at radius 1 is 1.17 bits per heavy atom. The number of likely N-dealkylation sites (tertiary alicyclic amines) is 1. The number of nitrogens with one attached hydrogen (secondary N) is 3. The van der Waals surface area contributed by atoms with E-state index < -0.39 is 0 Å². The third kappa shape index (κ3) is 3.40. The van der Waals surface area contributed by atoms with Gasteiger partial charge in [-0.05, 0) is 50.2 Å². The third-order valence-corrected chi connectivity index (χ3v) is 5.62. The summed E-state index contributed by atoms with van der Waals surface area (Å²) in [5.74, 6) is 0.354. The van der Waals surface area contributed by atoms with Gasteiger partial charge in [-0.15, -0.1) is 0 Å². The van der Waals surface area contributed by atoms with Gasteiger partial charge in [0, 0.05) is 46.7 Å². The van der Waals surface area contributed by atoms with E-state index in [1.807, 2.05) is 30.6 Å². The molecule has 0 saturated carbocycles. The van der Waals surface area contributed by atoms with Gasteiger partial charge in [-0.3, -0.25) is 14.8 Å². The molecule has 1 aromatic carbocycles. The fourth-order valence-corrected chi connectivity index (χ4v) is 4.01. The van der Waals surface area contributed by atoms with Crippen LogP contribution in [0.25, 0.3) is 22.0 Å². The van der Waals surface area contributed by atoms with E-state index in [-0.39, 0.29) is 5.91 Å². The molecule has 3 aromatic heterocycles. The zero-order valence-electron chi connectivity index (χ0n) is 16.1. The van der Waals surface area contributed by atoms with Gasteiger partial charge in [0.15, 0.2) is 0 Å². The van der Waals surface area contributed by atoms with E-state index in [0.29, 0.717) is 17.4 Å². The van der Waals surface area contributed by atoms with E-state index in [2.05, 4.69) is 43.5 Å². The highest BCUT2D eigenvalue weighted by Gasteiger charge is 2.24. The van der Waals surface area contributed by atoms with Crippen molar-refractivity contribution >= 4 is 22.6 Å². The van der Waals surface area contributed by atoms with Crippen molar-refractivity contribution in [3.8, 4) is 11.1 Å². The second-order valence-electron chi connectivity index (χ2n) is 7.54. The summed E-state index contributed by atoms with van der Waals surface area (Å²) in [6.45, 7) is 1.12. The highest BCUT2D eigenvalue weighted by molar-refractivity contribution is 6.04. The average molecular weight is 386 g/mol. The number of pyridine rings is 1. The van der Waals surface area contributed by atoms with Gasteiger partial charge in [0.1, 0.15) is 5.82 Å². The van der Waals surface area contributed by atoms with Crippen LogP contribution in [-0.4, -0.2) is 44.6 Å². The van der Waals surface area contributed by atoms with Gasteiger partial charge in [-0.2, -0.15) is 5.10 Å². The molecule has 1 fully saturated rings. The average Bonchev–Trinajstić information content (AvgIpc) is 3.48. The largest absolute Gasteiger partial charge is 0.357 e. The van der Waals surface area contributed by atoms with Crippen molar-refractivity contribution in [2.24, 2.45) is 0 Å². The molecule has 1 amide bonds.